The van der Waals surface area contributed by atoms with Gasteiger partial charge in [0.1, 0.15) is 0 Å². The number of carbonyl (C=O) groups excluding carboxylic acids is 1. The van der Waals surface area contributed by atoms with Crippen LogP contribution >= 0.6 is 0 Å². The number of fused-ring (bicyclic) bond motifs is 1. The molecule has 2 heterocycles. The van der Waals surface area contributed by atoms with E-state index in [-0.39, 0.29) is 5.91 Å². The minimum Gasteiger partial charge on any atom is -0.330 e. The summed E-state index contributed by atoms with van der Waals surface area (Å²) in [6, 6.07) is 8.30. The van der Waals surface area contributed by atoms with Crippen LogP contribution in [0.3, 0.4) is 0 Å². The molecule has 0 aliphatic carbocycles. The number of hydrogen-bond acceptors (Lipinski definition) is 3. The molecule has 2 aliphatic heterocycles. The number of anilines is 1. The van der Waals surface area contributed by atoms with E-state index in [1.54, 1.807) is 0 Å². The van der Waals surface area contributed by atoms with Gasteiger partial charge >= 0.3 is 0 Å². The highest BCUT2D eigenvalue weighted by atomic mass is 16.2. The number of nitrogens with two attached hydrogens (primary N) is 1. The quantitative estimate of drug-likeness (QED) is 0.919. The molecule has 0 bridgehead atoms. The maximum absolute atomic E-state index is 12.6. The summed E-state index contributed by atoms with van der Waals surface area (Å²) in [5, 5.41) is 0. The molecule has 3 rings (SSSR count). The van der Waals surface area contributed by atoms with Crippen LogP contribution in [-0.2, 0) is 11.2 Å². The fraction of sp³-hybridized carbons (Fsp3) is 0.588. The third kappa shape index (κ3) is 3.27. The van der Waals surface area contributed by atoms with E-state index in [4.69, 9.17) is 5.73 Å². The zero-order chi connectivity index (χ0) is 14.7. The number of hydrogen-bond donors (Lipinski definition) is 1. The summed E-state index contributed by atoms with van der Waals surface area (Å²) in [4.78, 5) is 16.9. The number of piperidine rings is 1. The third-order valence-corrected chi connectivity index (χ3v) is 4.81. The zero-order valence-electron chi connectivity index (χ0n) is 12.6. The summed E-state index contributed by atoms with van der Waals surface area (Å²) in [6.07, 6.45) is 4.40. The summed E-state index contributed by atoms with van der Waals surface area (Å²) >= 11 is 0. The molecule has 1 fully saturated rings. The molecule has 1 amide bonds. The predicted octanol–water partition coefficient (Wildman–Crippen LogP) is 1.64. The topological polar surface area (TPSA) is 49.6 Å². The first-order chi connectivity index (χ1) is 10.3. The summed E-state index contributed by atoms with van der Waals surface area (Å²) in [5.74, 6) is 0.889. The molecule has 1 saturated heterocycles. The van der Waals surface area contributed by atoms with Gasteiger partial charge in [0.2, 0.25) is 5.91 Å². The Bertz CT molecular complexity index is 495. The van der Waals surface area contributed by atoms with Gasteiger partial charge in [-0.05, 0) is 62.9 Å². The molecule has 1 aromatic rings. The maximum Gasteiger partial charge on any atom is 0.241 e. The zero-order valence-corrected chi connectivity index (χ0v) is 12.6. The lowest BCUT2D eigenvalue weighted by atomic mass is 9.97. The van der Waals surface area contributed by atoms with E-state index in [1.807, 2.05) is 11.0 Å². The fourth-order valence-corrected chi connectivity index (χ4v) is 3.45. The molecular weight excluding hydrogens is 262 g/mol. The van der Waals surface area contributed by atoms with Gasteiger partial charge in [-0.25, -0.2) is 0 Å². The van der Waals surface area contributed by atoms with Crippen LogP contribution in [0.25, 0.3) is 0 Å². The first-order valence-electron chi connectivity index (χ1n) is 8.08. The molecule has 2 N–H and O–H groups in total. The summed E-state index contributed by atoms with van der Waals surface area (Å²) in [6.45, 7) is 4.19. The van der Waals surface area contributed by atoms with Gasteiger partial charge < -0.3 is 10.6 Å². The molecule has 0 unspecified atom stereocenters. The molecule has 2 aliphatic rings. The Labute approximate surface area is 126 Å². The Morgan fingerprint density at radius 2 is 1.95 bits per heavy atom. The second-order valence-electron chi connectivity index (χ2n) is 6.23. The SMILES string of the molecule is NCC1CCN(CC(=O)N2CCCc3ccccc32)CC1. The number of likely N-dealkylation sites (tertiary alicyclic amines) is 1. The second-order valence-corrected chi connectivity index (χ2v) is 6.23. The lowest BCUT2D eigenvalue weighted by Gasteiger charge is -2.34. The first kappa shape index (κ1) is 14.5. The van der Waals surface area contributed by atoms with E-state index in [9.17, 15) is 4.79 Å². The van der Waals surface area contributed by atoms with Gasteiger partial charge in [0.25, 0.3) is 0 Å². The number of benzene rings is 1. The molecular formula is C17H25N3O. The van der Waals surface area contributed by atoms with Crippen molar-refractivity contribution in [2.24, 2.45) is 11.7 Å². The van der Waals surface area contributed by atoms with Crippen LogP contribution in [-0.4, -0.2) is 43.5 Å². The second kappa shape index (κ2) is 6.58. The van der Waals surface area contributed by atoms with Crippen molar-refractivity contribution in [3.63, 3.8) is 0 Å². The van der Waals surface area contributed by atoms with Crippen molar-refractivity contribution in [1.82, 2.24) is 4.90 Å². The van der Waals surface area contributed by atoms with E-state index in [0.717, 1.165) is 57.5 Å². The van der Waals surface area contributed by atoms with E-state index < -0.39 is 0 Å². The van der Waals surface area contributed by atoms with Crippen molar-refractivity contribution in [3.8, 4) is 0 Å². The van der Waals surface area contributed by atoms with Crippen molar-refractivity contribution < 1.29 is 4.79 Å². The Kier molecular flexibility index (Phi) is 4.56. The monoisotopic (exact) mass is 287 g/mol. The van der Waals surface area contributed by atoms with Crippen molar-refractivity contribution in [1.29, 1.82) is 0 Å². The van der Waals surface area contributed by atoms with Crippen LogP contribution in [0.1, 0.15) is 24.8 Å². The first-order valence-corrected chi connectivity index (χ1v) is 8.08. The van der Waals surface area contributed by atoms with E-state index in [1.165, 1.54) is 5.56 Å². The van der Waals surface area contributed by atoms with Gasteiger partial charge in [-0.15, -0.1) is 0 Å². The van der Waals surface area contributed by atoms with Crippen molar-refractivity contribution in [2.45, 2.75) is 25.7 Å². The fourth-order valence-electron chi connectivity index (χ4n) is 3.45. The van der Waals surface area contributed by atoms with E-state index in [0.29, 0.717) is 12.5 Å². The smallest absolute Gasteiger partial charge is 0.241 e. The Hall–Kier alpha value is -1.39. The number of nitrogens with zero attached hydrogens (tertiary/aromatic N) is 2. The molecule has 0 aromatic heterocycles. The van der Waals surface area contributed by atoms with Crippen LogP contribution in [0.4, 0.5) is 5.69 Å². The van der Waals surface area contributed by atoms with Gasteiger partial charge in [-0.3, -0.25) is 9.69 Å². The average Bonchev–Trinajstić information content (AvgIpc) is 2.55. The van der Waals surface area contributed by atoms with Gasteiger partial charge in [0.15, 0.2) is 0 Å². The summed E-state index contributed by atoms with van der Waals surface area (Å²) in [7, 11) is 0. The number of carbonyl (C=O) groups is 1. The molecule has 4 nitrogen and oxygen atoms in total. The normalized spacial score (nSPS) is 20.3. The molecule has 0 spiro atoms. The van der Waals surface area contributed by atoms with Crippen LogP contribution < -0.4 is 10.6 Å². The Morgan fingerprint density at radius 3 is 2.71 bits per heavy atom. The number of rotatable bonds is 3. The number of aryl methyl sites for hydroxylation is 1. The molecule has 0 radical (unpaired) electrons. The molecule has 4 heteroatoms. The average molecular weight is 287 g/mol. The van der Waals surface area contributed by atoms with Gasteiger partial charge in [0, 0.05) is 12.2 Å². The molecule has 114 valence electrons. The van der Waals surface area contributed by atoms with Gasteiger partial charge in [0.05, 0.1) is 6.54 Å². The summed E-state index contributed by atoms with van der Waals surface area (Å²) < 4.78 is 0. The maximum atomic E-state index is 12.6. The van der Waals surface area contributed by atoms with Crippen molar-refractivity contribution in [3.05, 3.63) is 29.8 Å². The number of amides is 1. The summed E-state index contributed by atoms with van der Waals surface area (Å²) in [5.41, 5.74) is 8.15. The predicted molar refractivity (Wildman–Crippen MR) is 85.3 cm³/mol. The molecule has 0 atom stereocenters. The standard InChI is InChI=1S/C17H25N3O/c18-12-14-7-10-19(11-8-14)13-17(21)20-9-3-5-15-4-1-2-6-16(15)20/h1-2,4,6,14H,3,5,7-13,18H2. The van der Waals surface area contributed by atoms with Crippen molar-refractivity contribution >= 4 is 11.6 Å². The number of para-hydroxylation sites is 1. The molecule has 21 heavy (non-hydrogen) atoms. The minimum absolute atomic E-state index is 0.244. The van der Waals surface area contributed by atoms with E-state index >= 15 is 0 Å². The third-order valence-electron chi connectivity index (χ3n) is 4.81. The minimum atomic E-state index is 0.244. The van der Waals surface area contributed by atoms with Gasteiger partial charge in [-0.2, -0.15) is 0 Å². The highest BCUT2D eigenvalue weighted by Crippen LogP contribution is 2.27. The largest absolute Gasteiger partial charge is 0.330 e. The van der Waals surface area contributed by atoms with Crippen LogP contribution in [0, 0.1) is 5.92 Å². The highest BCUT2D eigenvalue weighted by molar-refractivity contribution is 5.95. The Morgan fingerprint density at radius 1 is 1.19 bits per heavy atom. The Balaban J connectivity index is 1.62. The molecule has 0 saturated carbocycles. The lowest BCUT2D eigenvalue weighted by molar-refractivity contribution is -0.120. The molecule has 1 aromatic carbocycles. The lowest BCUT2D eigenvalue weighted by Crippen LogP contribution is -2.45. The van der Waals surface area contributed by atoms with Crippen molar-refractivity contribution in [2.75, 3.05) is 37.6 Å². The highest BCUT2D eigenvalue weighted by Gasteiger charge is 2.25. The van der Waals surface area contributed by atoms with Crippen LogP contribution in [0.5, 0.6) is 0 Å². The van der Waals surface area contributed by atoms with Crippen LogP contribution in [0.15, 0.2) is 24.3 Å². The van der Waals surface area contributed by atoms with Gasteiger partial charge in [-0.1, -0.05) is 18.2 Å². The van der Waals surface area contributed by atoms with Crippen LogP contribution in [0.2, 0.25) is 0 Å². The van der Waals surface area contributed by atoms with E-state index in [2.05, 4.69) is 23.1 Å².